The lowest BCUT2D eigenvalue weighted by atomic mass is 10.2. The predicted octanol–water partition coefficient (Wildman–Crippen LogP) is 3.86. The van der Waals surface area contributed by atoms with Crippen molar-refractivity contribution in [3.8, 4) is 0 Å². The highest BCUT2D eigenvalue weighted by molar-refractivity contribution is 8.01. The Kier molecular flexibility index (Phi) is 6.73. The van der Waals surface area contributed by atoms with E-state index in [4.69, 9.17) is 23.2 Å². The van der Waals surface area contributed by atoms with Crippen molar-refractivity contribution in [2.45, 2.75) is 15.6 Å². The van der Waals surface area contributed by atoms with Gasteiger partial charge >= 0.3 is 0 Å². The molecular formula is C13H10Cl2N6O3S4. The molecule has 0 unspecified atom stereocenters. The number of rotatable bonds is 7. The summed E-state index contributed by atoms with van der Waals surface area (Å²) in [5, 5.41) is 18.0. The van der Waals surface area contributed by atoms with Crippen LogP contribution in [-0.2, 0) is 10.0 Å². The molecule has 1 aromatic carbocycles. The number of carbonyl (C=O) groups is 1. The maximum atomic E-state index is 12.4. The Hall–Kier alpha value is -1.51. The van der Waals surface area contributed by atoms with E-state index in [1.165, 1.54) is 30.0 Å². The van der Waals surface area contributed by atoms with Gasteiger partial charge in [0, 0.05) is 5.02 Å². The third-order valence-corrected chi connectivity index (χ3v) is 8.00. The zero-order chi connectivity index (χ0) is 20.3. The van der Waals surface area contributed by atoms with E-state index in [9.17, 15) is 13.2 Å². The number of nitrogens with zero attached hydrogens (tertiary/aromatic N) is 4. The topological polar surface area (TPSA) is 127 Å². The third-order valence-electron chi connectivity index (χ3n) is 2.93. The van der Waals surface area contributed by atoms with E-state index >= 15 is 0 Å². The number of hydrogen-bond donors (Lipinski definition) is 2. The van der Waals surface area contributed by atoms with E-state index in [-0.39, 0.29) is 25.2 Å². The highest BCUT2D eigenvalue weighted by Gasteiger charge is 2.23. The van der Waals surface area contributed by atoms with E-state index in [2.05, 4.69) is 30.4 Å². The van der Waals surface area contributed by atoms with Crippen LogP contribution in [0, 0.1) is 0 Å². The molecule has 28 heavy (non-hydrogen) atoms. The molecule has 1 amide bonds. The van der Waals surface area contributed by atoms with E-state index in [0.717, 1.165) is 17.1 Å². The molecule has 3 aromatic rings. The van der Waals surface area contributed by atoms with Gasteiger partial charge in [-0.05, 0) is 24.0 Å². The first-order valence-electron chi connectivity index (χ1n) is 7.37. The summed E-state index contributed by atoms with van der Waals surface area (Å²) in [5.74, 6) is 0.221. The van der Waals surface area contributed by atoms with Gasteiger partial charge in [-0.15, -0.1) is 20.4 Å². The normalized spacial score (nSPS) is 11.4. The molecule has 0 bridgehead atoms. The molecule has 148 valence electrons. The van der Waals surface area contributed by atoms with Crippen LogP contribution in [0.2, 0.25) is 10.0 Å². The molecule has 15 heteroatoms. The van der Waals surface area contributed by atoms with Crippen LogP contribution in [0.25, 0.3) is 0 Å². The molecule has 0 saturated carbocycles. The van der Waals surface area contributed by atoms with Crippen molar-refractivity contribution in [1.82, 2.24) is 20.4 Å². The number of thioether (sulfide) groups is 1. The Bertz CT molecular complexity index is 1120. The molecule has 0 saturated heterocycles. The summed E-state index contributed by atoms with van der Waals surface area (Å²) in [4.78, 5) is 12.3. The molecule has 0 atom stereocenters. The molecule has 2 heterocycles. The Balaban J connectivity index is 1.72. The first kappa shape index (κ1) is 21.2. The van der Waals surface area contributed by atoms with Gasteiger partial charge in [0.1, 0.15) is 0 Å². The Labute approximate surface area is 181 Å². The number of amides is 1. The third kappa shape index (κ3) is 5.10. The molecule has 3 rings (SSSR count). The van der Waals surface area contributed by atoms with E-state index < -0.39 is 15.9 Å². The van der Waals surface area contributed by atoms with E-state index in [1.54, 1.807) is 0 Å². The van der Waals surface area contributed by atoms with E-state index in [1.807, 2.05) is 6.92 Å². The van der Waals surface area contributed by atoms with Gasteiger partial charge in [0.05, 0.1) is 10.6 Å². The second-order valence-electron chi connectivity index (χ2n) is 4.86. The van der Waals surface area contributed by atoms with Crippen LogP contribution in [0.5, 0.6) is 0 Å². The minimum absolute atomic E-state index is 0.00381. The monoisotopic (exact) mass is 496 g/mol. The molecule has 0 aliphatic carbocycles. The molecule has 9 nitrogen and oxygen atoms in total. The highest BCUT2D eigenvalue weighted by Crippen LogP contribution is 2.28. The largest absolute Gasteiger partial charge is 0.296 e. The average Bonchev–Trinajstić information content (AvgIpc) is 3.25. The smallest absolute Gasteiger partial charge is 0.293 e. The first-order valence-corrected chi connectivity index (χ1v) is 12.2. The summed E-state index contributed by atoms with van der Waals surface area (Å²) < 4.78 is 27.4. The van der Waals surface area contributed by atoms with Gasteiger partial charge in [0.15, 0.2) is 4.34 Å². The zero-order valence-corrected chi connectivity index (χ0v) is 18.6. The fraction of sp³-hybridized carbons (Fsp3) is 0.154. The van der Waals surface area contributed by atoms with Gasteiger partial charge in [-0.3, -0.25) is 14.8 Å². The lowest BCUT2D eigenvalue weighted by molar-refractivity contribution is 0.102. The molecular weight excluding hydrogens is 487 g/mol. The Morgan fingerprint density at radius 1 is 1.14 bits per heavy atom. The van der Waals surface area contributed by atoms with Crippen molar-refractivity contribution in [2.24, 2.45) is 0 Å². The molecule has 0 aliphatic rings. The van der Waals surface area contributed by atoms with Crippen LogP contribution >= 0.6 is 57.6 Å². The molecule has 0 radical (unpaired) electrons. The van der Waals surface area contributed by atoms with Crippen LogP contribution in [-0.4, -0.2) is 40.5 Å². The van der Waals surface area contributed by atoms with Crippen LogP contribution in [0.15, 0.2) is 26.9 Å². The predicted molar refractivity (Wildman–Crippen MR) is 111 cm³/mol. The average molecular weight is 497 g/mol. The van der Waals surface area contributed by atoms with Crippen LogP contribution in [0.3, 0.4) is 0 Å². The summed E-state index contributed by atoms with van der Waals surface area (Å²) in [6, 6.07) is 4.38. The molecule has 2 N–H and O–H groups in total. The van der Waals surface area contributed by atoms with Crippen molar-refractivity contribution in [3.63, 3.8) is 0 Å². The number of hydrogen-bond acceptors (Lipinski definition) is 10. The number of aromatic nitrogens is 4. The molecule has 0 aliphatic heterocycles. The molecule has 0 spiro atoms. The lowest BCUT2D eigenvalue weighted by Gasteiger charge is -2.03. The number of carbonyl (C=O) groups excluding carboxylic acids is 1. The minimum atomic E-state index is -4.01. The fourth-order valence-electron chi connectivity index (χ4n) is 1.80. The first-order chi connectivity index (χ1) is 13.3. The van der Waals surface area contributed by atoms with Crippen molar-refractivity contribution >= 4 is 83.8 Å². The SMILES string of the molecule is CCSc1nnc(NS(=O)(=O)c2nnc(NC(=O)c3ccc(Cl)cc3Cl)s2)s1. The molecule has 0 fully saturated rings. The summed E-state index contributed by atoms with van der Waals surface area (Å²) in [6.45, 7) is 1.95. The van der Waals surface area contributed by atoms with Crippen LogP contribution < -0.4 is 10.0 Å². The number of nitrogens with one attached hydrogen (secondary N) is 2. The minimum Gasteiger partial charge on any atom is -0.296 e. The van der Waals surface area contributed by atoms with Crippen LogP contribution in [0.1, 0.15) is 17.3 Å². The quantitative estimate of drug-likeness (QED) is 0.372. The molecule has 2 aromatic heterocycles. The van der Waals surface area contributed by atoms with Gasteiger partial charge in [-0.25, -0.2) is 0 Å². The second-order valence-corrected chi connectivity index (χ2v) is 11.0. The van der Waals surface area contributed by atoms with Crippen molar-refractivity contribution in [3.05, 3.63) is 33.8 Å². The van der Waals surface area contributed by atoms with Crippen molar-refractivity contribution < 1.29 is 13.2 Å². The maximum absolute atomic E-state index is 12.4. The number of benzene rings is 1. The lowest BCUT2D eigenvalue weighted by Crippen LogP contribution is -2.12. The number of sulfonamides is 1. The van der Waals surface area contributed by atoms with Gasteiger partial charge in [0.25, 0.3) is 20.3 Å². The summed E-state index contributed by atoms with van der Waals surface area (Å²) in [5.41, 5.74) is 0.165. The van der Waals surface area contributed by atoms with Crippen molar-refractivity contribution in [2.75, 3.05) is 15.8 Å². The standard InChI is InChI=1S/C13H10Cl2N6O3S4/c1-2-25-12-19-18-11(26-12)21-28(23,24)13-20-17-10(27-13)16-9(22)7-4-3-6(14)5-8(7)15/h3-5H,2H2,1H3,(H,18,21)(H,16,17,22). The Morgan fingerprint density at radius 3 is 2.61 bits per heavy atom. The Morgan fingerprint density at radius 2 is 1.89 bits per heavy atom. The van der Waals surface area contributed by atoms with Crippen LogP contribution in [0.4, 0.5) is 10.3 Å². The summed E-state index contributed by atoms with van der Waals surface area (Å²) in [6.07, 6.45) is 0. The highest BCUT2D eigenvalue weighted by atomic mass is 35.5. The van der Waals surface area contributed by atoms with E-state index in [0.29, 0.717) is 20.7 Å². The fourth-order valence-corrected chi connectivity index (χ4v) is 6.07. The van der Waals surface area contributed by atoms with Gasteiger partial charge < -0.3 is 0 Å². The maximum Gasteiger partial charge on any atom is 0.293 e. The summed E-state index contributed by atoms with van der Waals surface area (Å²) in [7, 11) is -4.01. The second kappa shape index (κ2) is 8.88. The van der Waals surface area contributed by atoms with Gasteiger partial charge in [-0.2, -0.15) is 8.42 Å². The van der Waals surface area contributed by atoms with Crippen molar-refractivity contribution in [1.29, 1.82) is 0 Å². The number of halogens is 2. The summed E-state index contributed by atoms with van der Waals surface area (Å²) >= 11 is 15.0. The number of anilines is 2. The zero-order valence-electron chi connectivity index (χ0n) is 13.8. The van der Waals surface area contributed by atoms with Gasteiger partial charge in [0.2, 0.25) is 10.3 Å². The van der Waals surface area contributed by atoms with Gasteiger partial charge in [-0.1, -0.05) is 64.6 Å².